The molecule has 0 aromatic heterocycles. The van der Waals surface area contributed by atoms with Gasteiger partial charge in [-0.05, 0) is 51.1 Å². The molecule has 0 aliphatic carbocycles. The van der Waals surface area contributed by atoms with Crippen molar-refractivity contribution in [3.8, 4) is 0 Å². The van der Waals surface area contributed by atoms with Crippen molar-refractivity contribution in [3.05, 3.63) is 35.1 Å². The van der Waals surface area contributed by atoms with E-state index in [0.29, 0.717) is 6.04 Å². The van der Waals surface area contributed by atoms with Crippen molar-refractivity contribution in [1.29, 1.82) is 0 Å². The molecule has 0 atom stereocenters. The Balaban J connectivity index is 2.77. The van der Waals surface area contributed by atoms with Crippen molar-refractivity contribution in [3.63, 3.8) is 0 Å². The summed E-state index contributed by atoms with van der Waals surface area (Å²) in [6.45, 7) is 7.13. The molecule has 1 aromatic carbocycles. The van der Waals surface area contributed by atoms with Crippen LogP contribution < -0.4 is 0 Å². The Morgan fingerprint density at radius 2 is 2.00 bits per heavy atom. The first-order valence-electron chi connectivity index (χ1n) is 4.96. The molecular formula is C12H18FN. The van der Waals surface area contributed by atoms with Crippen LogP contribution in [-0.4, -0.2) is 18.0 Å². The largest absolute Gasteiger partial charge is 0.300 e. The van der Waals surface area contributed by atoms with E-state index in [1.807, 2.05) is 13.0 Å². The smallest absolute Gasteiger partial charge is 0.123 e. The Morgan fingerprint density at radius 1 is 1.36 bits per heavy atom. The predicted octanol–water partition coefficient (Wildman–Crippen LogP) is 2.97. The van der Waals surface area contributed by atoms with E-state index in [-0.39, 0.29) is 5.82 Å². The van der Waals surface area contributed by atoms with E-state index < -0.39 is 0 Å². The van der Waals surface area contributed by atoms with Crippen LogP contribution in [0.1, 0.15) is 25.0 Å². The molecular weight excluding hydrogens is 177 g/mol. The summed E-state index contributed by atoms with van der Waals surface area (Å²) >= 11 is 0. The van der Waals surface area contributed by atoms with E-state index in [1.54, 1.807) is 6.07 Å². The fourth-order valence-corrected chi connectivity index (χ4v) is 1.29. The minimum absolute atomic E-state index is 0.154. The Hall–Kier alpha value is -0.890. The fourth-order valence-electron chi connectivity index (χ4n) is 1.29. The average molecular weight is 195 g/mol. The number of nitrogens with zero attached hydrogens (tertiary/aromatic N) is 1. The summed E-state index contributed by atoms with van der Waals surface area (Å²) < 4.78 is 12.8. The van der Waals surface area contributed by atoms with Gasteiger partial charge in [-0.1, -0.05) is 6.07 Å². The lowest BCUT2D eigenvalue weighted by molar-refractivity contribution is 0.265. The van der Waals surface area contributed by atoms with E-state index in [1.165, 1.54) is 11.6 Å². The van der Waals surface area contributed by atoms with Gasteiger partial charge in [-0.15, -0.1) is 0 Å². The molecule has 0 fully saturated rings. The normalized spacial score (nSPS) is 11.4. The van der Waals surface area contributed by atoms with E-state index in [9.17, 15) is 4.39 Å². The highest BCUT2D eigenvalue weighted by Crippen LogP contribution is 2.13. The van der Waals surface area contributed by atoms with Crippen LogP contribution in [0.5, 0.6) is 0 Å². The van der Waals surface area contributed by atoms with Gasteiger partial charge in [-0.25, -0.2) is 4.39 Å². The van der Waals surface area contributed by atoms with Crippen molar-refractivity contribution >= 4 is 0 Å². The molecule has 0 spiro atoms. The molecule has 0 aliphatic heterocycles. The highest BCUT2D eigenvalue weighted by Gasteiger charge is 2.06. The molecule has 0 radical (unpaired) electrons. The third kappa shape index (κ3) is 2.81. The molecule has 0 aliphatic rings. The first-order chi connectivity index (χ1) is 6.50. The predicted molar refractivity (Wildman–Crippen MR) is 57.7 cm³/mol. The molecule has 0 amide bonds. The highest BCUT2D eigenvalue weighted by atomic mass is 19.1. The molecule has 0 heterocycles. The number of aryl methyl sites for hydroxylation is 1. The SMILES string of the molecule is Cc1cc(F)ccc1CN(C)C(C)C. The molecule has 1 rings (SSSR count). The lowest BCUT2D eigenvalue weighted by Gasteiger charge is -2.21. The topological polar surface area (TPSA) is 3.24 Å². The maximum Gasteiger partial charge on any atom is 0.123 e. The quantitative estimate of drug-likeness (QED) is 0.716. The van der Waals surface area contributed by atoms with Crippen molar-refractivity contribution in [2.24, 2.45) is 0 Å². The second-order valence-corrected chi connectivity index (χ2v) is 4.08. The van der Waals surface area contributed by atoms with Crippen molar-refractivity contribution in [2.75, 3.05) is 7.05 Å². The fraction of sp³-hybridized carbons (Fsp3) is 0.500. The molecule has 1 nitrogen and oxygen atoms in total. The second-order valence-electron chi connectivity index (χ2n) is 4.08. The van der Waals surface area contributed by atoms with E-state index in [4.69, 9.17) is 0 Å². The number of halogens is 1. The maximum absolute atomic E-state index is 12.8. The molecule has 2 heteroatoms. The Labute approximate surface area is 85.5 Å². The molecule has 14 heavy (non-hydrogen) atoms. The van der Waals surface area contributed by atoms with Crippen LogP contribution in [0.25, 0.3) is 0 Å². The molecule has 1 aromatic rings. The maximum atomic E-state index is 12.8. The minimum Gasteiger partial charge on any atom is -0.300 e. The van der Waals surface area contributed by atoms with Gasteiger partial charge >= 0.3 is 0 Å². The standard InChI is InChI=1S/C12H18FN/c1-9(2)14(4)8-11-5-6-12(13)7-10(11)3/h5-7,9H,8H2,1-4H3. The van der Waals surface area contributed by atoms with Gasteiger partial charge in [0.05, 0.1) is 0 Å². The summed E-state index contributed by atoms with van der Waals surface area (Å²) in [5.74, 6) is -0.154. The zero-order valence-electron chi connectivity index (χ0n) is 9.34. The van der Waals surface area contributed by atoms with Crippen LogP contribution in [0.15, 0.2) is 18.2 Å². The molecule has 78 valence electrons. The van der Waals surface area contributed by atoms with Gasteiger partial charge in [-0.3, -0.25) is 4.90 Å². The van der Waals surface area contributed by atoms with E-state index in [2.05, 4.69) is 25.8 Å². The van der Waals surface area contributed by atoms with Gasteiger partial charge in [0, 0.05) is 12.6 Å². The van der Waals surface area contributed by atoms with Crippen LogP contribution in [0.4, 0.5) is 4.39 Å². The monoisotopic (exact) mass is 195 g/mol. The molecule has 0 saturated heterocycles. The van der Waals surface area contributed by atoms with Gasteiger partial charge in [0.25, 0.3) is 0 Å². The van der Waals surface area contributed by atoms with Gasteiger partial charge in [0.15, 0.2) is 0 Å². The summed E-state index contributed by atoms with van der Waals surface area (Å²) in [6, 6.07) is 5.49. The zero-order valence-corrected chi connectivity index (χ0v) is 9.34. The Morgan fingerprint density at radius 3 is 2.50 bits per heavy atom. The third-order valence-corrected chi connectivity index (χ3v) is 2.61. The van der Waals surface area contributed by atoms with Crippen molar-refractivity contribution in [2.45, 2.75) is 33.4 Å². The molecule has 0 bridgehead atoms. The second kappa shape index (κ2) is 4.56. The summed E-state index contributed by atoms with van der Waals surface area (Å²) in [5, 5.41) is 0. The minimum atomic E-state index is -0.154. The van der Waals surface area contributed by atoms with Gasteiger partial charge in [0.1, 0.15) is 5.82 Å². The van der Waals surface area contributed by atoms with E-state index >= 15 is 0 Å². The number of benzene rings is 1. The first kappa shape index (κ1) is 11.2. The average Bonchev–Trinajstić information content (AvgIpc) is 2.09. The lowest BCUT2D eigenvalue weighted by atomic mass is 10.1. The van der Waals surface area contributed by atoms with Crippen LogP contribution in [0.2, 0.25) is 0 Å². The molecule has 0 N–H and O–H groups in total. The van der Waals surface area contributed by atoms with Crippen LogP contribution >= 0.6 is 0 Å². The number of rotatable bonds is 3. The van der Waals surface area contributed by atoms with E-state index in [0.717, 1.165) is 12.1 Å². The number of hydrogen-bond acceptors (Lipinski definition) is 1. The summed E-state index contributed by atoms with van der Waals surface area (Å²) in [7, 11) is 2.08. The first-order valence-corrected chi connectivity index (χ1v) is 4.96. The molecule has 0 unspecified atom stereocenters. The Kier molecular flexibility index (Phi) is 3.64. The Bertz CT molecular complexity index is 307. The summed E-state index contributed by atoms with van der Waals surface area (Å²) in [6.07, 6.45) is 0. The van der Waals surface area contributed by atoms with Crippen molar-refractivity contribution < 1.29 is 4.39 Å². The zero-order chi connectivity index (χ0) is 10.7. The third-order valence-electron chi connectivity index (χ3n) is 2.61. The highest BCUT2D eigenvalue weighted by molar-refractivity contribution is 5.26. The summed E-state index contributed by atoms with van der Waals surface area (Å²) in [5.41, 5.74) is 2.22. The van der Waals surface area contributed by atoms with Crippen LogP contribution in [0.3, 0.4) is 0 Å². The summed E-state index contributed by atoms with van der Waals surface area (Å²) in [4.78, 5) is 2.24. The van der Waals surface area contributed by atoms with Gasteiger partial charge in [-0.2, -0.15) is 0 Å². The van der Waals surface area contributed by atoms with Crippen LogP contribution in [-0.2, 0) is 6.54 Å². The lowest BCUT2D eigenvalue weighted by Crippen LogP contribution is -2.25. The van der Waals surface area contributed by atoms with Crippen molar-refractivity contribution in [1.82, 2.24) is 4.90 Å². The van der Waals surface area contributed by atoms with Gasteiger partial charge in [0.2, 0.25) is 0 Å². The molecule has 0 saturated carbocycles. The van der Waals surface area contributed by atoms with Crippen LogP contribution in [0, 0.1) is 12.7 Å². The number of hydrogen-bond donors (Lipinski definition) is 0. The van der Waals surface area contributed by atoms with Gasteiger partial charge < -0.3 is 0 Å².